The number of pyridine rings is 1. The molecule has 4 nitrogen and oxygen atoms in total. The van der Waals surface area contributed by atoms with Gasteiger partial charge >= 0.3 is 0 Å². The molecule has 0 bridgehead atoms. The number of amides is 1. The van der Waals surface area contributed by atoms with Gasteiger partial charge in [-0.15, -0.1) is 0 Å². The van der Waals surface area contributed by atoms with Gasteiger partial charge in [-0.05, 0) is 19.1 Å². The summed E-state index contributed by atoms with van der Waals surface area (Å²) in [5.41, 5.74) is 0.184. The van der Waals surface area contributed by atoms with Crippen LogP contribution in [-0.4, -0.2) is 17.5 Å². The van der Waals surface area contributed by atoms with Gasteiger partial charge in [0.15, 0.2) is 0 Å². The van der Waals surface area contributed by atoms with Crippen LogP contribution >= 0.6 is 0 Å². The van der Waals surface area contributed by atoms with Gasteiger partial charge in [-0.2, -0.15) is 0 Å². The zero-order valence-corrected chi connectivity index (χ0v) is 10.2. The average molecular weight is 222 g/mol. The van der Waals surface area contributed by atoms with E-state index in [-0.39, 0.29) is 5.91 Å². The molecule has 1 aromatic heterocycles. The normalized spacial score (nSPS) is 11.0. The Morgan fingerprint density at radius 1 is 1.50 bits per heavy atom. The Balaban J connectivity index is 2.84. The number of anilines is 1. The average Bonchev–Trinajstić information content (AvgIpc) is 2.20. The van der Waals surface area contributed by atoms with E-state index in [0.29, 0.717) is 18.2 Å². The Morgan fingerprint density at radius 2 is 2.19 bits per heavy atom. The van der Waals surface area contributed by atoms with E-state index in [9.17, 15) is 4.79 Å². The van der Waals surface area contributed by atoms with Crippen LogP contribution in [0.2, 0.25) is 0 Å². The maximum atomic E-state index is 11.8. The molecule has 0 fully saturated rings. The second-order valence-corrected chi connectivity index (χ2v) is 4.49. The first kappa shape index (κ1) is 12.5. The van der Waals surface area contributed by atoms with Gasteiger partial charge in [0.05, 0.1) is 6.61 Å². The zero-order valence-electron chi connectivity index (χ0n) is 10.2. The van der Waals surface area contributed by atoms with Gasteiger partial charge in [-0.1, -0.05) is 20.8 Å². The number of aromatic nitrogens is 1. The summed E-state index contributed by atoms with van der Waals surface area (Å²) in [7, 11) is 0. The number of hydrogen-bond acceptors (Lipinski definition) is 3. The maximum Gasteiger partial charge on any atom is 0.237 e. The van der Waals surface area contributed by atoms with Crippen molar-refractivity contribution >= 4 is 11.6 Å². The topological polar surface area (TPSA) is 51.2 Å². The fraction of sp³-hybridized carbons (Fsp3) is 0.500. The third-order valence-corrected chi connectivity index (χ3v) is 1.98. The largest absolute Gasteiger partial charge is 0.476 e. The Hall–Kier alpha value is -1.58. The number of hydrogen-bond donors (Lipinski definition) is 1. The van der Waals surface area contributed by atoms with E-state index in [2.05, 4.69) is 10.3 Å². The highest BCUT2D eigenvalue weighted by molar-refractivity contribution is 5.95. The van der Waals surface area contributed by atoms with Crippen molar-refractivity contribution in [1.82, 2.24) is 4.98 Å². The lowest BCUT2D eigenvalue weighted by molar-refractivity contribution is -0.123. The highest BCUT2D eigenvalue weighted by Gasteiger charge is 2.22. The summed E-state index contributed by atoms with van der Waals surface area (Å²) in [5.74, 6) is 0.407. The molecule has 0 radical (unpaired) electrons. The fourth-order valence-corrected chi connectivity index (χ4v) is 1.05. The third kappa shape index (κ3) is 3.22. The zero-order chi connectivity index (χ0) is 12.2. The molecule has 0 aliphatic carbocycles. The van der Waals surface area contributed by atoms with Gasteiger partial charge in [-0.3, -0.25) is 4.79 Å². The van der Waals surface area contributed by atoms with Gasteiger partial charge in [0, 0.05) is 11.6 Å². The van der Waals surface area contributed by atoms with Crippen molar-refractivity contribution in [1.29, 1.82) is 0 Å². The van der Waals surface area contributed by atoms with E-state index in [4.69, 9.17) is 4.74 Å². The molecule has 0 unspecified atom stereocenters. The number of rotatable bonds is 3. The Bertz CT molecular complexity index is 370. The first-order valence-corrected chi connectivity index (χ1v) is 5.34. The molecule has 0 aliphatic rings. The lowest BCUT2D eigenvalue weighted by Gasteiger charge is -2.18. The predicted molar refractivity (Wildman–Crippen MR) is 63.5 cm³/mol. The van der Waals surface area contributed by atoms with Crippen molar-refractivity contribution in [3.8, 4) is 5.88 Å². The maximum absolute atomic E-state index is 11.8. The molecular formula is C12H18N2O2. The van der Waals surface area contributed by atoms with Crippen molar-refractivity contribution in [2.75, 3.05) is 11.9 Å². The number of nitrogens with one attached hydrogen (secondary N) is 1. The molecule has 88 valence electrons. The Morgan fingerprint density at radius 3 is 2.75 bits per heavy atom. The Labute approximate surface area is 96.0 Å². The predicted octanol–water partition coefficient (Wildman–Crippen LogP) is 2.46. The van der Waals surface area contributed by atoms with Gasteiger partial charge in [-0.25, -0.2) is 4.98 Å². The van der Waals surface area contributed by atoms with Crippen molar-refractivity contribution < 1.29 is 9.53 Å². The van der Waals surface area contributed by atoms with E-state index in [1.807, 2.05) is 27.7 Å². The van der Waals surface area contributed by atoms with Crippen LogP contribution in [0.15, 0.2) is 18.3 Å². The third-order valence-electron chi connectivity index (χ3n) is 1.98. The first-order valence-electron chi connectivity index (χ1n) is 5.34. The SMILES string of the molecule is CCOc1ncccc1NC(=O)C(C)(C)C. The van der Waals surface area contributed by atoms with Gasteiger partial charge in [0.1, 0.15) is 5.69 Å². The van der Waals surface area contributed by atoms with Crippen LogP contribution in [0.25, 0.3) is 0 Å². The summed E-state index contributed by atoms with van der Waals surface area (Å²) >= 11 is 0. The fourth-order valence-electron chi connectivity index (χ4n) is 1.05. The lowest BCUT2D eigenvalue weighted by Crippen LogP contribution is -2.27. The summed E-state index contributed by atoms with van der Waals surface area (Å²) in [6.07, 6.45) is 1.64. The van der Waals surface area contributed by atoms with Crippen LogP contribution in [0.1, 0.15) is 27.7 Å². The molecular weight excluding hydrogens is 204 g/mol. The summed E-state index contributed by atoms with van der Waals surface area (Å²) < 4.78 is 5.32. The second-order valence-electron chi connectivity index (χ2n) is 4.49. The molecule has 16 heavy (non-hydrogen) atoms. The van der Waals surface area contributed by atoms with Gasteiger partial charge in [0.25, 0.3) is 0 Å². The lowest BCUT2D eigenvalue weighted by atomic mass is 9.95. The minimum absolute atomic E-state index is 0.0542. The van der Waals surface area contributed by atoms with Crippen LogP contribution in [0, 0.1) is 5.41 Å². The highest BCUT2D eigenvalue weighted by atomic mass is 16.5. The number of carbonyl (C=O) groups is 1. The summed E-state index contributed by atoms with van der Waals surface area (Å²) in [5, 5.41) is 2.81. The first-order chi connectivity index (χ1) is 7.45. The summed E-state index contributed by atoms with van der Waals surface area (Å²) in [4.78, 5) is 15.9. The van der Waals surface area contributed by atoms with Crippen molar-refractivity contribution in [3.63, 3.8) is 0 Å². The van der Waals surface area contributed by atoms with E-state index in [1.165, 1.54) is 0 Å². The molecule has 1 amide bonds. The molecule has 0 atom stereocenters. The smallest absolute Gasteiger partial charge is 0.237 e. The molecule has 1 aromatic rings. The number of carbonyl (C=O) groups excluding carboxylic acids is 1. The molecule has 0 saturated heterocycles. The second kappa shape index (κ2) is 4.96. The molecule has 0 saturated carbocycles. The highest BCUT2D eigenvalue weighted by Crippen LogP contribution is 2.23. The molecule has 1 rings (SSSR count). The standard InChI is InChI=1S/C12H18N2O2/c1-5-16-10-9(7-6-8-13-10)14-11(15)12(2,3)4/h6-8H,5H2,1-4H3,(H,14,15). The van der Waals surface area contributed by atoms with Gasteiger partial charge < -0.3 is 10.1 Å². The summed E-state index contributed by atoms with van der Waals surface area (Å²) in [6, 6.07) is 3.54. The monoisotopic (exact) mass is 222 g/mol. The van der Waals surface area contributed by atoms with Crippen molar-refractivity contribution in [3.05, 3.63) is 18.3 Å². The van der Waals surface area contributed by atoms with Gasteiger partial charge in [0.2, 0.25) is 11.8 Å². The van der Waals surface area contributed by atoms with Crippen LogP contribution in [-0.2, 0) is 4.79 Å². The summed E-state index contributed by atoms with van der Waals surface area (Å²) in [6.45, 7) is 7.98. The van der Waals surface area contributed by atoms with Crippen LogP contribution in [0.3, 0.4) is 0 Å². The molecule has 0 spiro atoms. The van der Waals surface area contributed by atoms with Crippen LogP contribution in [0.5, 0.6) is 5.88 Å². The van der Waals surface area contributed by atoms with Crippen LogP contribution < -0.4 is 10.1 Å². The molecule has 4 heteroatoms. The quantitative estimate of drug-likeness (QED) is 0.854. The van der Waals surface area contributed by atoms with Crippen LogP contribution in [0.4, 0.5) is 5.69 Å². The van der Waals surface area contributed by atoms with E-state index < -0.39 is 5.41 Å². The van der Waals surface area contributed by atoms with Crippen molar-refractivity contribution in [2.45, 2.75) is 27.7 Å². The minimum atomic E-state index is -0.431. The number of nitrogens with zero attached hydrogens (tertiary/aromatic N) is 1. The van der Waals surface area contributed by atoms with E-state index in [1.54, 1.807) is 18.3 Å². The number of ether oxygens (including phenoxy) is 1. The minimum Gasteiger partial charge on any atom is -0.476 e. The van der Waals surface area contributed by atoms with E-state index in [0.717, 1.165) is 0 Å². The molecule has 0 aromatic carbocycles. The Kier molecular flexibility index (Phi) is 3.88. The van der Waals surface area contributed by atoms with E-state index >= 15 is 0 Å². The molecule has 1 N–H and O–H groups in total. The van der Waals surface area contributed by atoms with Crippen molar-refractivity contribution in [2.24, 2.45) is 5.41 Å². The molecule has 0 aliphatic heterocycles. The molecule has 1 heterocycles.